The van der Waals surface area contributed by atoms with E-state index in [1.807, 2.05) is 6.07 Å². The van der Waals surface area contributed by atoms with Crippen LogP contribution in [-0.2, 0) is 22.7 Å². The lowest BCUT2D eigenvalue weighted by molar-refractivity contribution is 0.0976. The van der Waals surface area contributed by atoms with Crippen LogP contribution in [0.3, 0.4) is 0 Å². The summed E-state index contributed by atoms with van der Waals surface area (Å²) in [7, 11) is -4.80. The highest BCUT2D eigenvalue weighted by molar-refractivity contribution is 7.91. The van der Waals surface area contributed by atoms with Crippen molar-refractivity contribution in [3.63, 3.8) is 0 Å². The fraction of sp³-hybridized carbons (Fsp3) is 0.300. The quantitative estimate of drug-likeness (QED) is 0.579. The van der Waals surface area contributed by atoms with Gasteiger partial charge in [0, 0.05) is 10.4 Å². The Hall–Kier alpha value is -2.97. The lowest BCUT2D eigenvalue weighted by Gasteiger charge is -2.10. The first-order valence-corrected chi connectivity index (χ1v) is 11.7. The number of ketones is 1. The summed E-state index contributed by atoms with van der Waals surface area (Å²) in [4.78, 5) is 33.3. The van der Waals surface area contributed by atoms with Crippen molar-refractivity contribution in [3.05, 3.63) is 56.4 Å². The van der Waals surface area contributed by atoms with Gasteiger partial charge in [-0.25, -0.2) is 13.4 Å². The SMILES string of the molecule is N#CC(C(=O)c1ccc(S(=O)(=O)C(F)F)cc1)c1nc2sc3c(c2c(=O)[nH]1)CCCC3. The first kappa shape index (κ1) is 21.3. The summed E-state index contributed by atoms with van der Waals surface area (Å²) in [6.45, 7) is 0. The molecular weight excluding hydrogens is 448 g/mol. The van der Waals surface area contributed by atoms with Crippen LogP contribution < -0.4 is 5.56 Å². The number of H-pyrrole nitrogens is 1. The lowest BCUT2D eigenvalue weighted by Crippen LogP contribution is -2.20. The van der Waals surface area contributed by atoms with E-state index in [0.717, 1.165) is 60.4 Å². The van der Waals surface area contributed by atoms with Crippen LogP contribution in [0.25, 0.3) is 10.2 Å². The predicted molar refractivity (Wildman–Crippen MR) is 109 cm³/mol. The van der Waals surface area contributed by atoms with Crippen molar-refractivity contribution in [3.8, 4) is 6.07 Å². The molecule has 4 rings (SSSR count). The monoisotopic (exact) mass is 463 g/mol. The van der Waals surface area contributed by atoms with E-state index >= 15 is 0 Å². The number of nitriles is 1. The van der Waals surface area contributed by atoms with Crippen LogP contribution in [0.4, 0.5) is 8.78 Å². The third-order valence-corrected chi connectivity index (χ3v) is 7.79. The summed E-state index contributed by atoms with van der Waals surface area (Å²) in [5.74, 6) is -5.85. The van der Waals surface area contributed by atoms with E-state index in [2.05, 4.69) is 9.97 Å². The van der Waals surface area contributed by atoms with Crippen molar-refractivity contribution < 1.29 is 22.0 Å². The number of nitrogens with one attached hydrogen (secondary N) is 1. The number of Topliss-reactive ketones (excluding diaryl/α,β-unsaturated/α-hetero) is 1. The van der Waals surface area contributed by atoms with Crippen molar-refractivity contribution in [2.75, 3.05) is 0 Å². The molecule has 0 saturated heterocycles. The van der Waals surface area contributed by atoms with Gasteiger partial charge < -0.3 is 4.98 Å². The van der Waals surface area contributed by atoms with Crippen molar-refractivity contribution in [2.24, 2.45) is 0 Å². The molecule has 31 heavy (non-hydrogen) atoms. The maximum atomic E-state index is 12.8. The van der Waals surface area contributed by atoms with Gasteiger partial charge in [0.2, 0.25) is 9.84 Å². The number of aryl methyl sites for hydroxylation is 2. The van der Waals surface area contributed by atoms with Crippen LogP contribution >= 0.6 is 11.3 Å². The Kier molecular flexibility index (Phi) is 5.45. The highest BCUT2D eigenvalue weighted by atomic mass is 32.2. The molecule has 0 fully saturated rings. The van der Waals surface area contributed by atoms with Gasteiger partial charge in [0.15, 0.2) is 11.7 Å². The molecule has 1 N–H and O–H groups in total. The summed E-state index contributed by atoms with van der Waals surface area (Å²) in [6, 6.07) is 5.70. The lowest BCUT2D eigenvalue weighted by atomic mass is 9.96. The van der Waals surface area contributed by atoms with E-state index in [-0.39, 0.29) is 11.4 Å². The minimum Gasteiger partial charge on any atom is -0.308 e. The van der Waals surface area contributed by atoms with E-state index in [1.165, 1.54) is 11.3 Å². The smallest absolute Gasteiger partial charge is 0.308 e. The number of thiophene rings is 1. The first-order valence-electron chi connectivity index (χ1n) is 9.34. The molecule has 7 nitrogen and oxygen atoms in total. The number of carbonyl (C=O) groups excluding carboxylic acids is 1. The van der Waals surface area contributed by atoms with Crippen molar-refractivity contribution >= 4 is 37.2 Å². The Labute approximate surface area is 179 Å². The number of hydrogen-bond donors (Lipinski definition) is 1. The molecule has 3 aromatic rings. The second-order valence-corrected chi connectivity index (χ2v) is 10.1. The minimum absolute atomic E-state index is 0.0620. The minimum atomic E-state index is -4.80. The Morgan fingerprint density at radius 2 is 1.87 bits per heavy atom. The summed E-state index contributed by atoms with van der Waals surface area (Å²) in [5.41, 5.74) is 0.501. The number of aromatic amines is 1. The zero-order valence-electron chi connectivity index (χ0n) is 15.9. The van der Waals surface area contributed by atoms with E-state index in [1.54, 1.807) is 0 Å². The normalized spacial score (nSPS) is 14.9. The van der Waals surface area contributed by atoms with Gasteiger partial charge in [-0.15, -0.1) is 11.3 Å². The standard InChI is InChI=1S/C20H15F2N3O4S2/c21-20(22)31(28,29)11-7-5-10(6-8-11)16(26)13(9-23)17-24-18(27)15-12-3-1-2-4-14(12)30-19(15)25-17/h5-8,13,20H,1-4H2,(H,24,25,27). The summed E-state index contributed by atoms with van der Waals surface area (Å²) < 4.78 is 48.4. The van der Waals surface area contributed by atoms with Crippen LogP contribution in [0.2, 0.25) is 0 Å². The van der Waals surface area contributed by atoms with Crippen LogP contribution in [0, 0.1) is 11.3 Å². The van der Waals surface area contributed by atoms with Gasteiger partial charge in [-0.05, 0) is 43.4 Å². The number of aromatic nitrogens is 2. The molecule has 1 atom stereocenters. The van der Waals surface area contributed by atoms with Crippen LogP contribution in [0.1, 0.15) is 45.4 Å². The topological polar surface area (TPSA) is 121 Å². The van der Waals surface area contributed by atoms with E-state index in [4.69, 9.17) is 0 Å². The van der Waals surface area contributed by atoms with Gasteiger partial charge in [0.1, 0.15) is 10.7 Å². The third-order valence-electron chi connectivity index (χ3n) is 5.21. The zero-order chi connectivity index (χ0) is 22.3. The molecule has 1 aromatic carbocycles. The molecule has 11 heteroatoms. The van der Waals surface area contributed by atoms with Gasteiger partial charge in [0.25, 0.3) is 5.56 Å². The van der Waals surface area contributed by atoms with E-state index < -0.39 is 37.8 Å². The number of hydrogen-bond acceptors (Lipinski definition) is 7. The highest BCUT2D eigenvalue weighted by Crippen LogP contribution is 2.34. The largest absolute Gasteiger partial charge is 0.341 e. The molecule has 2 aromatic heterocycles. The molecule has 0 aliphatic heterocycles. The molecule has 1 unspecified atom stereocenters. The third kappa shape index (κ3) is 3.66. The van der Waals surface area contributed by atoms with Gasteiger partial charge in [0.05, 0.1) is 16.4 Å². The maximum Gasteiger partial charge on any atom is 0.341 e. The first-order chi connectivity index (χ1) is 14.7. The number of alkyl halides is 2. The van der Waals surface area contributed by atoms with Crippen molar-refractivity contribution in [2.45, 2.75) is 42.3 Å². The molecule has 160 valence electrons. The van der Waals surface area contributed by atoms with Crippen molar-refractivity contribution in [1.29, 1.82) is 5.26 Å². The molecule has 0 radical (unpaired) electrons. The average molecular weight is 463 g/mol. The second kappa shape index (κ2) is 7.94. The van der Waals surface area contributed by atoms with Crippen molar-refractivity contribution in [1.82, 2.24) is 9.97 Å². The van der Waals surface area contributed by atoms with Crippen LogP contribution in [0.15, 0.2) is 34.0 Å². The molecule has 1 aliphatic carbocycles. The number of rotatable bonds is 5. The Morgan fingerprint density at radius 3 is 2.52 bits per heavy atom. The second-order valence-electron chi connectivity index (χ2n) is 7.10. The fourth-order valence-electron chi connectivity index (χ4n) is 3.64. The Balaban J connectivity index is 1.71. The van der Waals surface area contributed by atoms with Crippen LogP contribution in [-0.4, -0.2) is 29.9 Å². The average Bonchev–Trinajstić information content (AvgIpc) is 3.13. The summed E-state index contributed by atoms with van der Waals surface area (Å²) in [5, 5.41) is 10.1. The molecule has 0 spiro atoms. The fourth-order valence-corrected chi connectivity index (χ4v) is 5.63. The number of halogens is 2. The number of fused-ring (bicyclic) bond motifs is 3. The molecule has 0 amide bonds. The molecule has 0 saturated carbocycles. The summed E-state index contributed by atoms with van der Waals surface area (Å²) in [6.07, 6.45) is 3.66. The van der Waals surface area contributed by atoms with Gasteiger partial charge >= 0.3 is 5.76 Å². The van der Waals surface area contributed by atoms with Gasteiger partial charge in [-0.3, -0.25) is 9.59 Å². The molecular formula is C20H15F2N3O4S2. The Morgan fingerprint density at radius 1 is 1.19 bits per heavy atom. The zero-order valence-corrected chi connectivity index (χ0v) is 17.5. The number of nitrogens with zero attached hydrogens (tertiary/aromatic N) is 2. The predicted octanol–water partition coefficient (Wildman–Crippen LogP) is 3.35. The summed E-state index contributed by atoms with van der Waals surface area (Å²) >= 11 is 1.38. The molecule has 2 heterocycles. The van der Waals surface area contributed by atoms with E-state index in [0.29, 0.717) is 10.2 Å². The number of benzene rings is 1. The number of sulfone groups is 1. The van der Waals surface area contributed by atoms with Crippen LogP contribution in [0.5, 0.6) is 0 Å². The Bertz CT molecular complexity index is 1390. The maximum absolute atomic E-state index is 12.8. The highest BCUT2D eigenvalue weighted by Gasteiger charge is 2.29. The van der Waals surface area contributed by atoms with Gasteiger partial charge in [-0.1, -0.05) is 12.1 Å². The number of carbonyl (C=O) groups is 1. The van der Waals surface area contributed by atoms with Gasteiger partial charge in [-0.2, -0.15) is 14.0 Å². The molecule has 1 aliphatic rings. The molecule has 0 bridgehead atoms. The van der Waals surface area contributed by atoms with E-state index in [9.17, 15) is 32.0 Å².